The molecule has 2 fully saturated rings. The van der Waals surface area contributed by atoms with Gasteiger partial charge in [0.1, 0.15) is 5.54 Å². The molecular weight excluding hydrogens is 358 g/mol. The third-order valence-electron chi connectivity index (χ3n) is 5.91. The molecule has 0 aromatic heterocycles. The molecule has 148 valence electrons. The first-order valence-electron chi connectivity index (χ1n) is 10.1. The highest BCUT2D eigenvalue weighted by molar-refractivity contribution is 7.81. The molecular formula is C21H31N3O2S. The van der Waals surface area contributed by atoms with E-state index in [-0.39, 0.29) is 17.6 Å². The molecule has 1 aliphatic heterocycles. The van der Waals surface area contributed by atoms with Crippen molar-refractivity contribution in [2.45, 2.75) is 50.5 Å². The van der Waals surface area contributed by atoms with Crippen molar-refractivity contribution in [2.75, 3.05) is 30.7 Å². The van der Waals surface area contributed by atoms with Crippen molar-refractivity contribution in [3.05, 3.63) is 30.3 Å². The highest BCUT2D eigenvalue weighted by Gasteiger charge is 2.42. The number of likely N-dealkylation sites (tertiary alicyclic amines) is 1. The molecule has 0 atom stereocenters. The Hall–Kier alpha value is -1.69. The van der Waals surface area contributed by atoms with Crippen LogP contribution >= 0.6 is 12.6 Å². The number of hydrogen-bond acceptors (Lipinski definition) is 4. The molecule has 3 rings (SSSR count). The van der Waals surface area contributed by atoms with Gasteiger partial charge in [0.25, 0.3) is 0 Å². The summed E-state index contributed by atoms with van der Waals surface area (Å²) in [6.45, 7) is 2.24. The maximum absolute atomic E-state index is 13.5. The maximum Gasteiger partial charge on any atom is 0.248 e. The molecule has 2 N–H and O–H groups in total. The van der Waals surface area contributed by atoms with Gasteiger partial charge in [-0.2, -0.15) is 12.6 Å². The third kappa shape index (κ3) is 5.18. The normalized spacial score (nSPS) is 20.1. The van der Waals surface area contributed by atoms with Crippen molar-refractivity contribution in [1.29, 1.82) is 0 Å². The Morgan fingerprint density at radius 3 is 2.37 bits per heavy atom. The summed E-state index contributed by atoms with van der Waals surface area (Å²) in [6.07, 6.45) is 7.09. The fraction of sp³-hybridized carbons (Fsp3) is 0.619. The van der Waals surface area contributed by atoms with Crippen LogP contribution in [0.25, 0.3) is 0 Å². The minimum absolute atomic E-state index is 0.0231. The van der Waals surface area contributed by atoms with E-state index >= 15 is 0 Å². The summed E-state index contributed by atoms with van der Waals surface area (Å²) in [5.41, 5.74) is 0.560. The van der Waals surface area contributed by atoms with Gasteiger partial charge in [-0.25, -0.2) is 0 Å². The number of thiol groups is 1. The lowest BCUT2D eigenvalue weighted by Gasteiger charge is -2.43. The molecule has 0 radical (unpaired) electrons. The first-order valence-corrected chi connectivity index (χ1v) is 10.8. The van der Waals surface area contributed by atoms with Crippen LogP contribution in [-0.4, -0.2) is 47.6 Å². The number of carbonyl (C=O) groups is 2. The van der Waals surface area contributed by atoms with Gasteiger partial charge in [-0.3, -0.25) is 9.59 Å². The number of rotatable bonds is 6. The zero-order valence-corrected chi connectivity index (χ0v) is 16.8. The molecule has 27 heavy (non-hydrogen) atoms. The Kier molecular flexibility index (Phi) is 7.05. The van der Waals surface area contributed by atoms with Gasteiger partial charge in [-0.05, 0) is 43.7 Å². The van der Waals surface area contributed by atoms with Crippen molar-refractivity contribution in [2.24, 2.45) is 5.92 Å². The van der Waals surface area contributed by atoms with Crippen LogP contribution in [-0.2, 0) is 9.59 Å². The summed E-state index contributed by atoms with van der Waals surface area (Å²) >= 11 is 3.99. The van der Waals surface area contributed by atoms with Crippen molar-refractivity contribution in [1.82, 2.24) is 10.2 Å². The minimum Gasteiger partial charge on any atom is -0.371 e. The molecule has 6 heteroatoms. The predicted octanol–water partition coefficient (Wildman–Crippen LogP) is 3.09. The SMILES string of the molecule is O=C(CS)NCC1CCN(C(=O)C2(Nc3ccccc3)CCCCC2)CC1. The first-order chi connectivity index (χ1) is 13.1. The summed E-state index contributed by atoms with van der Waals surface area (Å²) in [6, 6.07) is 10.1. The standard InChI is InChI=1S/C21H31N3O2S/c25-19(16-27)22-15-17-9-13-24(14-10-17)20(26)21(11-5-2-6-12-21)23-18-7-3-1-4-8-18/h1,3-4,7-8,17,23,27H,2,5-6,9-16H2,(H,22,25). The topological polar surface area (TPSA) is 61.4 Å². The molecule has 1 aliphatic carbocycles. The van der Waals surface area contributed by atoms with Gasteiger partial charge in [0, 0.05) is 25.3 Å². The summed E-state index contributed by atoms with van der Waals surface area (Å²) in [4.78, 5) is 26.9. The van der Waals surface area contributed by atoms with E-state index in [9.17, 15) is 9.59 Å². The number of para-hydroxylation sites is 1. The summed E-state index contributed by atoms with van der Waals surface area (Å²) in [7, 11) is 0. The van der Waals surface area contributed by atoms with E-state index in [2.05, 4.69) is 23.3 Å². The van der Waals surface area contributed by atoms with Gasteiger partial charge in [0.05, 0.1) is 5.75 Å². The second kappa shape index (κ2) is 9.49. The molecule has 1 aromatic carbocycles. The number of amides is 2. The fourth-order valence-electron chi connectivity index (χ4n) is 4.30. The van der Waals surface area contributed by atoms with Gasteiger partial charge in [0.2, 0.25) is 11.8 Å². The number of piperidine rings is 1. The number of carbonyl (C=O) groups excluding carboxylic acids is 2. The summed E-state index contributed by atoms with van der Waals surface area (Å²) < 4.78 is 0. The van der Waals surface area contributed by atoms with Crippen LogP contribution in [0.15, 0.2) is 30.3 Å². The van der Waals surface area contributed by atoms with E-state index in [4.69, 9.17) is 0 Å². The van der Waals surface area contributed by atoms with Crippen LogP contribution in [0.3, 0.4) is 0 Å². The molecule has 1 saturated heterocycles. The largest absolute Gasteiger partial charge is 0.371 e. The molecule has 5 nitrogen and oxygen atoms in total. The number of nitrogens with one attached hydrogen (secondary N) is 2. The fourth-order valence-corrected chi connectivity index (χ4v) is 4.41. The van der Waals surface area contributed by atoms with Gasteiger partial charge >= 0.3 is 0 Å². The highest BCUT2D eigenvalue weighted by atomic mass is 32.1. The van der Waals surface area contributed by atoms with Crippen LogP contribution in [0.1, 0.15) is 44.9 Å². The summed E-state index contributed by atoms with van der Waals surface area (Å²) in [5, 5.41) is 6.51. The van der Waals surface area contributed by atoms with Crippen LogP contribution < -0.4 is 10.6 Å². The van der Waals surface area contributed by atoms with Crippen LogP contribution in [0.4, 0.5) is 5.69 Å². The number of benzene rings is 1. The molecule has 1 aromatic rings. The lowest BCUT2D eigenvalue weighted by molar-refractivity contribution is -0.138. The number of hydrogen-bond donors (Lipinski definition) is 3. The predicted molar refractivity (Wildman–Crippen MR) is 112 cm³/mol. The average molecular weight is 390 g/mol. The summed E-state index contributed by atoms with van der Waals surface area (Å²) in [5.74, 6) is 0.904. The van der Waals surface area contributed by atoms with Gasteiger partial charge in [-0.1, -0.05) is 37.5 Å². The van der Waals surface area contributed by atoms with Crippen LogP contribution in [0, 0.1) is 5.92 Å². The average Bonchev–Trinajstić information content (AvgIpc) is 2.73. The molecule has 1 heterocycles. The van der Waals surface area contributed by atoms with Crippen molar-refractivity contribution < 1.29 is 9.59 Å². The Morgan fingerprint density at radius 1 is 1.07 bits per heavy atom. The Bertz CT molecular complexity index is 624. The lowest BCUT2D eigenvalue weighted by atomic mass is 9.79. The molecule has 0 bridgehead atoms. The zero-order valence-electron chi connectivity index (χ0n) is 16.0. The Labute approximate surface area is 167 Å². The van der Waals surface area contributed by atoms with E-state index in [0.29, 0.717) is 12.5 Å². The van der Waals surface area contributed by atoms with Crippen molar-refractivity contribution >= 4 is 30.1 Å². The van der Waals surface area contributed by atoms with E-state index in [1.54, 1.807) is 0 Å². The van der Waals surface area contributed by atoms with Gasteiger partial charge in [0.15, 0.2) is 0 Å². The number of nitrogens with zero attached hydrogens (tertiary/aromatic N) is 1. The third-order valence-corrected chi connectivity index (χ3v) is 6.19. The smallest absolute Gasteiger partial charge is 0.248 e. The van der Waals surface area contributed by atoms with Gasteiger partial charge < -0.3 is 15.5 Å². The monoisotopic (exact) mass is 389 g/mol. The quantitative estimate of drug-likeness (QED) is 0.655. The first kappa shape index (κ1) is 20.1. The highest BCUT2D eigenvalue weighted by Crippen LogP contribution is 2.34. The van der Waals surface area contributed by atoms with Crippen molar-refractivity contribution in [3.63, 3.8) is 0 Å². The minimum atomic E-state index is -0.466. The maximum atomic E-state index is 13.5. The number of anilines is 1. The molecule has 0 unspecified atom stereocenters. The second-order valence-corrected chi connectivity index (χ2v) is 8.15. The zero-order chi connectivity index (χ0) is 19.1. The van der Waals surface area contributed by atoms with E-state index in [0.717, 1.165) is 57.3 Å². The molecule has 1 saturated carbocycles. The molecule has 2 amide bonds. The second-order valence-electron chi connectivity index (χ2n) is 7.83. The van der Waals surface area contributed by atoms with Gasteiger partial charge in [-0.15, -0.1) is 0 Å². The van der Waals surface area contributed by atoms with E-state index in [1.807, 2.05) is 35.2 Å². The van der Waals surface area contributed by atoms with Crippen molar-refractivity contribution in [3.8, 4) is 0 Å². The van der Waals surface area contributed by atoms with Crippen LogP contribution in [0.2, 0.25) is 0 Å². The molecule has 0 spiro atoms. The Morgan fingerprint density at radius 2 is 1.74 bits per heavy atom. The lowest BCUT2D eigenvalue weighted by Crippen LogP contribution is -2.56. The van der Waals surface area contributed by atoms with Crippen LogP contribution in [0.5, 0.6) is 0 Å². The van der Waals surface area contributed by atoms with E-state index in [1.165, 1.54) is 6.42 Å². The van der Waals surface area contributed by atoms with E-state index < -0.39 is 5.54 Å². The Balaban J connectivity index is 1.61. The molecule has 2 aliphatic rings.